The van der Waals surface area contributed by atoms with Crippen LogP contribution in [0, 0.1) is 0 Å². The highest BCUT2D eigenvalue weighted by molar-refractivity contribution is 6.33. The molecular formula is C17H16ClN3. The third kappa shape index (κ3) is 2.93. The predicted octanol–water partition coefficient (Wildman–Crippen LogP) is 4.70. The summed E-state index contributed by atoms with van der Waals surface area (Å²) in [7, 11) is 0. The minimum atomic E-state index is 0.180. The fourth-order valence-electron chi connectivity index (χ4n) is 2.32. The highest BCUT2D eigenvalue weighted by Crippen LogP contribution is 2.30. The van der Waals surface area contributed by atoms with Gasteiger partial charge in [0.05, 0.1) is 10.7 Å². The van der Waals surface area contributed by atoms with Gasteiger partial charge in [-0.25, -0.2) is 4.68 Å². The van der Waals surface area contributed by atoms with Crippen LogP contribution in [0.15, 0.2) is 67.0 Å². The molecule has 2 aromatic carbocycles. The minimum absolute atomic E-state index is 0.180. The maximum Gasteiger partial charge on any atom is 0.106 e. The van der Waals surface area contributed by atoms with Gasteiger partial charge in [0, 0.05) is 18.4 Å². The second-order valence-electron chi connectivity index (χ2n) is 4.86. The Morgan fingerprint density at radius 2 is 1.86 bits per heavy atom. The van der Waals surface area contributed by atoms with Crippen LogP contribution in [0.1, 0.15) is 18.5 Å². The average Bonchev–Trinajstić information content (AvgIpc) is 3.02. The standard InChI is InChI=1S/C17H16ClN3/c1-13(14-7-3-2-4-8-14)20-16-10-5-9-15(18)17(16)21-12-6-11-19-21/h2-13,20H,1H3. The summed E-state index contributed by atoms with van der Waals surface area (Å²) in [5.74, 6) is 0. The molecule has 1 unspecified atom stereocenters. The molecule has 0 amide bonds. The van der Waals surface area contributed by atoms with E-state index in [1.54, 1.807) is 10.9 Å². The first-order valence-corrected chi connectivity index (χ1v) is 7.23. The molecule has 1 heterocycles. The van der Waals surface area contributed by atoms with Crippen molar-refractivity contribution in [3.8, 4) is 5.69 Å². The zero-order chi connectivity index (χ0) is 14.7. The molecule has 3 nitrogen and oxygen atoms in total. The zero-order valence-electron chi connectivity index (χ0n) is 11.7. The molecule has 1 aromatic heterocycles. The van der Waals surface area contributed by atoms with E-state index in [0.29, 0.717) is 5.02 Å². The Kier molecular flexibility index (Phi) is 3.93. The van der Waals surface area contributed by atoms with Gasteiger partial charge in [0.2, 0.25) is 0 Å². The predicted molar refractivity (Wildman–Crippen MR) is 87.1 cm³/mol. The number of anilines is 1. The number of aromatic nitrogens is 2. The second kappa shape index (κ2) is 6.02. The molecule has 4 heteroatoms. The van der Waals surface area contributed by atoms with Gasteiger partial charge in [-0.2, -0.15) is 5.10 Å². The lowest BCUT2D eigenvalue weighted by molar-refractivity contribution is 0.853. The van der Waals surface area contributed by atoms with Crippen molar-refractivity contribution in [2.75, 3.05) is 5.32 Å². The van der Waals surface area contributed by atoms with E-state index in [9.17, 15) is 0 Å². The summed E-state index contributed by atoms with van der Waals surface area (Å²) < 4.78 is 1.78. The van der Waals surface area contributed by atoms with Crippen molar-refractivity contribution in [1.29, 1.82) is 0 Å². The van der Waals surface area contributed by atoms with Crippen molar-refractivity contribution < 1.29 is 0 Å². The number of hydrogen-bond acceptors (Lipinski definition) is 2. The first kappa shape index (κ1) is 13.7. The summed E-state index contributed by atoms with van der Waals surface area (Å²) in [5.41, 5.74) is 3.05. The van der Waals surface area contributed by atoms with Crippen LogP contribution in [0.4, 0.5) is 5.69 Å². The number of para-hydroxylation sites is 1. The van der Waals surface area contributed by atoms with Crippen molar-refractivity contribution in [3.63, 3.8) is 0 Å². The normalized spacial score (nSPS) is 12.1. The Bertz CT molecular complexity index is 708. The molecule has 0 bridgehead atoms. The fourth-order valence-corrected chi connectivity index (χ4v) is 2.59. The molecule has 0 aliphatic heterocycles. The number of halogens is 1. The van der Waals surface area contributed by atoms with E-state index in [1.165, 1.54) is 5.56 Å². The van der Waals surface area contributed by atoms with Crippen molar-refractivity contribution in [2.45, 2.75) is 13.0 Å². The molecule has 3 rings (SSSR count). The van der Waals surface area contributed by atoms with E-state index in [-0.39, 0.29) is 6.04 Å². The SMILES string of the molecule is CC(Nc1cccc(Cl)c1-n1cccn1)c1ccccc1. The summed E-state index contributed by atoms with van der Waals surface area (Å²) in [4.78, 5) is 0. The maximum atomic E-state index is 6.35. The molecule has 21 heavy (non-hydrogen) atoms. The van der Waals surface area contributed by atoms with Crippen LogP contribution < -0.4 is 5.32 Å². The second-order valence-corrected chi connectivity index (χ2v) is 5.27. The monoisotopic (exact) mass is 297 g/mol. The zero-order valence-corrected chi connectivity index (χ0v) is 12.5. The van der Waals surface area contributed by atoms with Crippen molar-refractivity contribution in [2.24, 2.45) is 0 Å². The van der Waals surface area contributed by atoms with Gasteiger partial charge in [0.15, 0.2) is 0 Å². The van der Waals surface area contributed by atoms with E-state index in [0.717, 1.165) is 11.4 Å². The Hall–Kier alpha value is -2.26. The van der Waals surface area contributed by atoms with Gasteiger partial charge in [0.25, 0.3) is 0 Å². The molecule has 0 radical (unpaired) electrons. The Morgan fingerprint density at radius 1 is 1.05 bits per heavy atom. The van der Waals surface area contributed by atoms with Crippen LogP contribution in [0.25, 0.3) is 5.69 Å². The van der Waals surface area contributed by atoms with Gasteiger partial charge in [0.1, 0.15) is 5.69 Å². The third-order valence-electron chi connectivity index (χ3n) is 3.39. The molecule has 0 aliphatic carbocycles. The van der Waals surface area contributed by atoms with E-state index >= 15 is 0 Å². The van der Waals surface area contributed by atoms with Gasteiger partial charge < -0.3 is 5.32 Å². The lowest BCUT2D eigenvalue weighted by Gasteiger charge is -2.19. The van der Waals surface area contributed by atoms with Crippen molar-refractivity contribution in [1.82, 2.24) is 9.78 Å². The van der Waals surface area contributed by atoms with E-state index in [4.69, 9.17) is 11.6 Å². The fraction of sp³-hybridized carbons (Fsp3) is 0.118. The lowest BCUT2D eigenvalue weighted by Crippen LogP contribution is -2.10. The number of benzene rings is 2. The van der Waals surface area contributed by atoms with Gasteiger partial charge in [-0.1, -0.05) is 48.0 Å². The van der Waals surface area contributed by atoms with Crippen LogP contribution in [0.2, 0.25) is 5.02 Å². The number of hydrogen-bond donors (Lipinski definition) is 1. The quantitative estimate of drug-likeness (QED) is 0.756. The smallest absolute Gasteiger partial charge is 0.106 e. The summed E-state index contributed by atoms with van der Waals surface area (Å²) in [6.07, 6.45) is 3.63. The molecule has 1 atom stereocenters. The molecule has 1 N–H and O–H groups in total. The average molecular weight is 298 g/mol. The molecule has 0 saturated carbocycles. The Labute approximate surface area is 129 Å². The van der Waals surface area contributed by atoms with Gasteiger partial charge in [-0.15, -0.1) is 0 Å². The molecule has 106 valence electrons. The van der Waals surface area contributed by atoms with E-state index in [1.807, 2.05) is 48.7 Å². The largest absolute Gasteiger partial charge is 0.377 e. The highest BCUT2D eigenvalue weighted by Gasteiger charge is 2.12. The highest BCUT2D eigenvalue weighted by atomic mass is 35.5. The van der Waals surface area contributed by atoms with Gasteiger partial charge in [-0.3, -0.25) is 0 Å². The van der Waals surface area contributed by atoms with Gasteiger partial charge >= 0.3 is 0 Å². The van der Waals surface area contributed by atoms with Crippen LogP contribution >= 0.6 is 11.6 Å². The van der Waals surface area contributed by atoms with Crippen LogP contribution in [0.5, 0.6) is 0 Å². The summed E-state index contributed by atoms with van der Waals surface area (Å²) in [6, 6.07) is 18.2. The molecule has 0 saturated heterocycles. The molecular weight excluding hydrogens is 282 g/mol. The maximum absolute atomic E-state index is 6.35. The van der Waals surface area contributed by atoms with Crippen LogP contribution in [-0.4, -0.2) is 9.78 Å². The minimum Gasteiger partial charge on any atom is -0.377 e. The number of nitrogens with one attached hydrogen (secondary N) is 1. The number of rotatable bonds is 4. The Morgan fingerprint density at radius 3 is 2.57 bits per heavy atom. The number of nitrogens with zero attached hydrogens (tertiary/aromatic N) is 2. The topological polar surface area (TPSA) is 29.9 Å². The van der Waals surface area contributed by atoms with Gasteiger partial charge in [-0.05, 0) is 30.7 Å². The molecule has 0 aliphatic rings. The van der Waals surface area contributed by atoms with Crippen molar-refractivity contribution >= 4 is 17.3 Å². The van der Waals surface area contributed by atoms with Crippen molar-refractivity contribution in [3.05, 3.63) is 77.6 Å². The summed E-state index contributed by atoms with van der Waals surface area (Å²) in [6.45, 7) is 2.13. The Balaban J connectivity index is 1.95. The molecule has 0 fully saturated rings. The van der Waals surface area contributed by atoms with Crippen LogP contribution in [-0.2, 0) is 0 Å². The molecule has 3 aromatic rings. The van der Waals surface area contributed by atoms with Crippen LogP contribution in [0.3, 0.4) is 0 Å². The lowest BCUT2D eigenvalue weighted by atomic mass is 10.1. The first-order valence-electron chi connectivity index (χ1n) is 6.86. The molecule has 0 spiro atoms. The van der Waals surface area contributed by atoms with E-state index < -0.39 is 0 Å². The third-order valence-corrected chi connectivity index (χ3v) is 3.70. The summed E-state index contributed by atoms with van der Waals surface area (Å²) in [5, 5.41) is 8.46. The summed E-state index contributed by atoms with van der Waals surface area (Å²) >= 11 is 6.35. The first-order chi connectivity index (χ1) is 10.3. The van der Waals surface area contributed by atoms with E-state index in [2.05, 4.69) is 29.5 Å².